The Morgan fingerprint density at radius 3 is 2.19 bits per heavy atom. The molecule has 1 aromatic rings. The van der Waals surface area contributed by atoms with Crippen LogP contribution in [0.2, 0.25) is 0 Å². The largest absolute Gasteiger partial charge is 0.459 e. The number of hydrogen-bond donors (Lipinski definition) is 2. The summed E-state index contributed by atoms with van der Waals surface area (Å²) in [6.45, 7) is 6.03. The summed E-state index contributed by atoms with van der Waals surface area (Å²) in [6.07, 6.45) is 8.19. The van der Waals surface area contributed by atoms with Crippen molar-refractivity contribution in [3.05, 3.63) is 35.9 Å². The molecule has 1 atom stereocenters. The zero-order chi connectivity index (χ0) is 27.4. The van der Waals surface area contributed by atoms with Crippen molar-refractivity contribution >= 4 is 40.6 Å². The zero-order valence-electron chi connectivity index (χ0n) is 21.6. The van der Waals surface area contributed by atoms with Gasteiger partial charge in [-0.2, -0.15) is 11.8 Å². The van der Waals surface area contributed by atoms with Crippen LogP contribution >= 0.6 is 11.8 Å². The van der Waals surface area contributed by atoms with E-state index in [0.717, 1.165) is 0 Å². The molecule has 0 amide bonds. The molecule has 0 spiro atoms. The minimum Gasteiger partial charge on any atom is -0.459 e. The summed E-state index contributed by atoms with van der Waals surface area (Å²) >= 11 is 1.39. The fraction of sp³-hybridized carbons (Fsp3) is 0.667. The van der Waals surface area contributed by atoms with Crippen LogP contribution in [0.1, 0.15) is 64.9 Å². The normalized spacial score (nSPS) is 15.9. The smallest absolute Gasteiger partial charge is 0.320 e. The monoisotopic (exact) mass is 564 g/mol. The molecule has 0 aromatic heterocycles. The first-order valence-electron chi connectivity index (χ1n) is 11.9. The number of carbonyl (C=O) groups is 2. The first-order valence-corrected chi connectivity index (χ1v) is 17.0. The van der Waals surface area contributed by atoms with Gasteiger partial charge < -0.3 is 15.8 Å². The van der Waals surface area contributed by atoms with Gasteiger partial charge in [0, 0.05) is 6.04 Å². The Bertz CT molecular complexity index is 1030. The van der Waals surface area contributed by atoms with E-state index in [9.17, 15) is 26.4 Å². The van der Waals surface area contributed by atoms with E-state index in [4.69, 9.17) is 10.5 Å². The van der Waals surface area contributed by atoms with E-state index in [1.165, 1.54) is 56.0 Å². The summed E-state index contributed by atoms with van der Waals surface area (Å²) < 4.78 is 53.0. The van der Waals surface area contributed by atoms with E-state index in [2.05, 4.69) is 5.32 Å². The minimum absolute atomic E-state index is 0.111. The van der Waals surface area contributed by atoms with Crippen LogP contribution in [0, 0.1) is 0 Å². The molecule has 0 aliphatic heterocycles. The summed E-state index contributed by atoms with van der Waals surface area (Å²) in [4.78, 5) is 23.2. The molecule has 2 rings (SSSR count). The van der Waals surface area contributed by atoms with Crippen LogP contribution < -0.4 is 11.1 Å². The van der Waals surface area contributed by atoms with Crippen molar-refractivity contribution in [3.8, 4) is 0 Å². The number of esters is 1. The SMILES string of the molecule is CC(C)(C)OC(=O)CNC1CCCCC1.CSCC[C@H](N)C(=O)S(=O)(=O)S(=O)(=O)Cc1ccccc1. The fourth-order valence-corrected chi connectivity index (χ4v) is 7.42. The van der Waals surface area contributed by atoms with E-state index in [1.54, 1.807) is 24.5 Å². The van der Waals surface area contributed by atoms with Crippen molar-refractivity contribution in [1.82, 2.24) is 5.32 Å². The van der Waals surface area contributed by atoms with E-state index in [1.807, 2.05) is 20.8 Å². The average molecular weight is 565 g/mol. The van der Waals surface area contributed by atoms with E-state index in [0.29, 0.717) is 23.9 Å². The number of benzene rings is 1. The van der Waals surface area contributed by atoms with Crippen LogP contribution in [0.5, 0.6) is 0 Å². The van der Waals surface area contributed by atoms with Crippen LogP contribution in [0.25, 0.3) is 0 Å². The summed E-state index contributed by atoms with van der Waals surface area (Å²) in [7, 11) is -9.61. The Morgan fingerprint density at radius 1 is 1.08 bits per heavy atom. The van der Waals surface area contributed by atoms with Crippen LogP contribution in [-0.2, 0) is 37.8 Å². The van der Waals surface area contributed by atoms with Crippen LogP contribution in [0.3, 0.4) is 0 Å². The Hall–Kier alpha value is -1.47. The van der Waals surface area contributed by atoms with E-state index in [-0.39, 0.29) is 18.0 Å². The lowest BCUT2D eigenvalue weighted by Crippen LogP contribution is -2.39. The molecule has 1 fully saturated rings. The molecule has 0 radical (unpaired) electrons. The molecule has 206 valence electrons. The van der Waals surface area contributed by atoms with Gasteiger partial charge in [0.1, 0.15) is 5.60 Å². The molecular weight excluding hydrogens is 524 g/mol. The summed E-state index contributed by atoms with van der Waals surface area (Å²) in [5.74, 6) is -0.411. The van der Waals surface area contributed by atoms with Crippen LogP contribution in [-0.4, -0.2) is 64.2 Å². The maximum absolute atomic E-state index is 12.0. The number of nitrogens with two attached hydrogens (primary N) is 1. The third kappa shape index (κ3) is 11.7. The first kappa shape index (κ1) is 32.6. The lowest BCUT2D eigenvalue weighted by molar-refractivity contribution is -0.153. The molecule has 0 unspecified atom stereocenters. The van der Waals surface area contributed by atoms with Crippen LogP contribution in [0.4, 0.5) is 0 Å². The van der Waals surface area contributed by atoms with Gasteiger partial charge in [-0.1, -0.05) is 49.6 Å². The predicted octanol–water partition coefficient (Wildman–Crippen LogP) is 2.79. The molecule has 9 nitrogen and oxygen atoms in total. The molecule has 12 heteroatoms. The molecule has 1 saturated carbocycles. The summed E-state index contributed by atoms with van der Waals surface area (Å²) in [5, 5.41) is 1.83. The fourth-order valence-electron chi connectivity index (χ4n) is 3.44. The standard InChI is InChI=1S/C12H17NO5S3.C12H23NO2/c1-19-8-7-11(13)12(14)21(17,18)20(15,16)9-10-5-3-2-4-6-10;1-12(2,3)15-11(14)9-13-10-7-5-4-6-8-10/h2-6,11H,7-9,13H2,1H3;10,13H,4-9H2,1-3H3/t11-;/m0./s1. The lowest BCUT2D eigenvalue weighted by Gasteiger charge is -2.24. The Balaban J connectivity index is 0.000000381. The highest BCUT2D eigenvalue weighted by Gasteiger charge is 2.40. The highest BCUT2D eigenvalue weighted by molar-refractivity contribution is 8.72. The number of ether oxygens (including phenoxy) is 1. The molecule has 1 aliphatic carbocycles. The highest BCUT2D eigenvalue weighted by atomic mass is 33.2. The Kier molecular flexibility index (Phi) is 13.6. The second kappa shape index (κ2) is 15.1. The maximum atomic E-state index is 12.0. The van der Waals surface area contributed by atoms with Crippen molar-refractivity contribution in [1.29, 1.82) is 0 Å². The topological polar surface area (TPSA) is 150 Å². The van der Waals surface area contributed by atoms with Crippen molar-refractivity contribution in [2.75, 3.05) is 18.6 Å². The van der Waals surface area contributed by atoms with Gasteiger partial charge in [0.25, 0.3) is 14.0 Å². The number of thioether (sulfide) groups is 1. The van der Waals surface area contributed by atoms with Gasteiger partial charge in [0.15, 0.2) is 0 Å². The third-order valence-electron chi connectivity index (χ3n) is 5.26. The van der Waals surface area contributed by atoms with E-state index < -0.39 is 34.6 Å². The van der Waals surface area contributed by atoms with Gasteiger partial charge in [-0.05, 0) is 57.6 Å². The number of hydrogen-bond acceptors (Lipinski definition) is 10. The second-order valence-corrected chi connectivity index (χ2v) is 16.2. The van der Waals surface area contributed by atoms with Gasteiger partial charge in [0.05, 0.1) is 18.3 Å². The third-order valence-corrected chi connectivity index (χ3v) is 10.9. The van der Waals surface area contributed by atoms with Gasteiger partial charge in [-0.25, -0.2) is 16.8 Å². The van der Waals surface area contributed by atoms with Gasteiger partial charge in [0.2, 0.25) is 0 Å². The van der Waals surface area contributed by atoms with Gasteiger partial charge >= 0.3 is 14.8 Å². The van der Waals surface area contributed by atoms with Gasteiger partial charge in [-0.3, -0.25) is 9.59 Å². The number of carbonyl (C=O) groups excluding carboxylic acids is 2. The van der Waals surface area contributed by atoms with E-state index >= 15 is 0 Å². The van der Waals surface area contributed by atoms with Crippen molar-refractivity contribution in [2.24, 2.45) is 5.73 Å². The minimum atomic E-state index is -4.97. The lowest BCUT2D eigenvalue weighted by atomic mass is 9.95. The number of nitrogens with one attached hydrogen (secondary N) is 1. The molecule has 3 N–H and O–H groups in total. The molecule has 36 heavy (non-hydrogen) atoms. The molecule has 1 aliphatic rings. The molecule has 0 saturated heterocycles. The highest BCUT2D eigenvalue weighted by Crippen LogP contribution is 2.18. The maximum Gasteiger partial charge on any atom is 0.320 e. The Morgan fingerprint density at radius 2 is 1.67 bits per heavy atom. The van der Waals surface area contributed by atoms with Crippen molar-refractivity contribution in [3.63, 3.8) is 0 Å². The molecule has 1 aromatic carbocycles. The molecule has 0 heterocycles. The Labute approximate surface area is 219 Å². The zero-order valence-corrected chi connectivity index (χ0v) is 24.0. The second-order valence-electron chi connectivity index (χ2n) is 9.65. The molecular formula is C24H40N2O7S3. The number of rotatable bonds is 10. The van der Waals surface area contributed by atoms with Gasteiger partial charge in [-0.15, -0.1) is 0 Å². The first-order chi connectivity index (χ1) is 16.7. The van der Waals surface area contributed by atoms with Crippen molar-refractivity contribution < 1.29 is 31.2 Å². The van der Waals surface area contributed by atoms with Crippen LogP contribution in [0.15, 0.2) is 30.3 Å². The summed E-state index contributed by atoms with van der Waals surface area (Å²) in [5.41, 5.74) is 5.40. The predicted molar refractivity (Wildman–Crippen MR) is 145 cm³/mol. The quantitative estimate of drug-likeness (QED) is 0.321. The van der Waals surface area contributed by atoms with Crippen molar-refractivity contribution in [2.45, 2.75) is 82.7 Å². The summed E-state index contributed by atoms with van der Waals surface area (Å²) in [6, 6.07) is 7.00. The average Bonchev–Trinajstić information content (AvgIpc) is 2.81. The molecule has 0 bridgehead atoms.